The molecule has 2 N–H and O–H groups in total. The van der Waals surface area contributed by atoms with Gasteiger partial charge in [0, 0.05) is 16.5 Å². The van der Waals surface area contributed by atoms with Crippen molar-refractivity contribution in [2.75, 3.05) is 5.32 Å². The number of thiophene rings is 1. The van der Waals surface area contributed by atoms with Crippen molar-refractivity contribution in [1.29, 1.82) is 0 Å². The van der Waals surface area contributed by atoms with Gasteiger partial charge in [0.1, 0.15) is 6.10 Å². The Kier molecular flexibility index (Phi) is 4.90. The maximum atomic E-state index is 12.2. The predicted molar refractivity (Wildman–Crippen MR) is 90.0 cm³/mol. The van der Waals surface area contributed by atoms with Gasteiger partial charge in [-0.2, -0.15) is 0 Å². The maximum Gasteiger partial charge on any atom is 0.227 e. The van der Waals surface area contributed by atoms with Crippen LogP contribution in [0.25, 0.3) is 0 Å². The van der Waals surface area contributed by atoms with Gasteiger partial charge >= 0.3 is 0 Å². The molecule has 0 radical (unpaired) electrons. The molecule has 22 heavy (non-hydrogen) atoms. The number of anilines is 1. The molecule has 1 amide bonds. The Balaban J connectivity index is 1.62. The summed E-state index contributed by atoms with van der Waals surface area (Å²) in [5.41, 5.74) is 1.65. The normalized spacial score (nSPS) is 17.1. The third kappa shape index (κ3) is 3.57. The molecular weight excluding hydrogens is 294 g/mol. The lowest BCUT2D eigenvalue weighted by molar-refractivity contribution is -0.120. The molecule has 2 aromatic rings. The topological polar surface area (TPSA) is 49.3 Å². The standard InChI is InChI=1S/C18H21NO2S/c20-17(16-7-4-12-22-16)13-8-10-15(11-9-13)19-18(21)14-5-2-1-3-6-14/h4,7-12,14,17,20H,1-3,5-6H2,(H,19,21). The van der Waals surface area contributed by atoms with Gasteiger partial charge in [-0.1, -0.05) is 37.5 Å². The SMILES string of the molecule is O=C(Nc1ccc(C(O)c2cccs2)cc1)C1CCCCC1. The molecule has 1 heterocycles. The van der Waals surface area contributed by atoms with E-state index in [4.69, 9.17) is 0 Å². The van der Waals surface area contributed by atoms with Crippen molar-refractivity contribution in [3.05, 3.63) is 52.2 Å². The molecule has 1 saturated carbocycles. The first-order chi connectivity index (χ1) is 10.7. The number of aliphatic hydroxyl groups excluding tert-OH is 1. The predicted octanol–water partition coefficient (Wildman–Crippen LogP) is 4.35. The van der Waals surface area contributed by atoms with E-state index in [0.717, 1.165) is 41.8 Å². The Hall–Kier alpha value is -1.65. The first kappa shape index (κ1) is 15.3. The lowest BCUT2D eigenvalue weighted by Gasteiger charge is -2.20. The molecule has 0 saturated heterocycles. The van der Waals surface area contributed by atoms with Crippen molar-refractivity contribution in [2.24, 2.45) is 5.92 Å². The second kappa shape index (κ2) is 7.07. The van der Waals surface area contributed by atoms with Gasteiger partial charge in [0.2, 0.25) is 5.91 Å². The van der Waals surface area contributed by atoms with Gasteiger partial charge < -0.3 is 10.4 Å². The van der Waals surface area contributed by atoms with Crippen molar-refractivity contribution >= 4 is 22.9 Å². The molecule has 0 aliphatic heterocycles. The largest absolute Gasteiger partial charge is 0.383 e. The van der Waals surface area contributed by atoms with Crippen molar-refractivity contribution in [2.45, 2.75) is 38.2 Å². The molecule has 4 heteroatoms. The van der Waals surface area contributed by atoms with E-state index in [-0.39, 0.29) is 11.8 Å². The molecular formula is C18H21NO2S. The van der Waals surface area contributed by atoms with Crippen LogP contribution in [0.3, 0.4) is 0 Å². The Labute approximate surface area is 135 Å². The van der Waals surface area contributed by atoms with Gasteiger partial charge in [-0.15, -0.1) is 11.3 Å². The fourth-order valence-electron chi connectivity index (χ4n) is 2.97. The Bertz CT molecular complexity index is 601. The highest BCUT2D eigenvalue weighted by atomic mass is 32.1. The summed E-state index contributed by atoms with van der Waals surface area (Å²) in [6.45, 7) is 0. The summed E-state index contributed by atoms with van der Waals surface area (Å²) < 4.78 is 0. The molecule has 1 aliphatic rings. The number of hydrogen-bond donors (Lipinski definition) is 2. The summed E-state index contributed by atoms with van der Waals surface area (Å²) in [6, 6.07) is 11.3. The van der Waals surface area contributed by atoms with Crippen LogP contribution >= 0.6 is 11.3 Å². The number of rotatable bonds is 4. The smallest absolute Gasteiger partial charge is 0.227 e. The van der Waals surface area contributed by atoms with Crippen LogP contribution < -0.4 is 5.32 Å². The quantitative estimate of drug-likeness (QED) is 0.881. The van der Waals surface area contributed by atoms with Crippen LogP contribution in [-0.2, 0) is 4.79 Å². The first-order valence-electron chi connectivity index (χ1n) is 7.86. The number of amides is 1. The van der Waals surface area contributed by atoms with Crippen LogP contribution in [0.15, 0.2) is 41.8 Å². The number of benzene rings is 1. The Morgan fingerprint density at radius 1 is 1.14 bits per heavy atom. The number of carbonyl (C=O) groups excluding carboxylic acids is 1. The minimum atomic E-state index is -0.594. The lowest BCUT2D eigenvalue weighted by Crippen LogP contribution is -2.24. The molecule has 1 fully saturated rings. The maximum absolute atomic E-state index is 12.2. The second-order valence-electron chi connectivity index (χ2n) is 5.86. The highest BCUT2D eigenvalue weighted by Crippen LogP contribution is 2.28. The molecule has 1 atom stereocenters. The highest BCUT2D eigenvalue weighted by molar-refractivity contribution is 7.10. The van der Waals surface area contributed by atoms with E-state index in [0.29, 0.717) is 0 Å². The fraction of sp³-hybridized carbons (Fsp3) is 0.389. The molecule has 0 bridgehead atoms. The van der Waals surface area contributed by atoms with E-state index < -0.39 is 6.10 Å². The minimum absolute atomic E-state index is 0.131. The van der Waals surface area contributed by atoms with Crippen LogP contribution in [0.5, 0.6) is 0 Å². The minimum Gasteiger partial charge on any atom is -0.383 e. The molecule has 1 unspecified atom stereocenters. The van der Waals surface area contributed by atoms with E-state index in [9.17, 15) is 9.90 Å². The van der Waals surface area contributed by atoms with E-state index in [1.165, 1.54) is 17.8 Å². The van der Waals surface area contributed by atoms with Gasteiger partial charge in [-0.05, 0) is 42.0 Å². The van der Waals surface area contributed by atoms with Gasteiger partial charge in [0.05, 0.1) is 0 Å². The number of hydrogen-bond acceptors (Lipinski definition) is 3. The summed E-state index contributed by atoms with van der Waals surface area (Å²) in [4.78, 5) is 13.1. The van der Waals surface area contributed by atoms with E-state index >= 15 is 0 Å². The molecule has 3 nitrogen and oxygen atoms in total. The van der Waals surface area contributed by atoms with Crippen LogP contribution in [0.2, 0.25) is 0 Å². The number of nitrogens with one attached hydrogen (secondary N) is 1. The monoisotopic (exact) mass is 315 g/mol. The zero-order valence-electron chi connectivity index (χ0n) is 12.5. The van der Waals surface area contributed by atoms with E-state index in [1.807, 2.05) is 41.8 Å². The zero-order chi connectivity index (χ0) is 15.4. The number of carbonyl (C=O) groups is 1. The van der Waals surface area contributed by atoms with Gasteiger partial charge in [-0.25, -0.2) is 0 Å². The third-order valence-corrected chi connectivity index (χ3v) is 5.21. The molecule has 1 aliphatic carbocycles. The highest BCUT2D eigenvalue weighted by Gasteiger charge is 2.21. The summed E-state index contributed by atoms with van der Waals surface area (Å²) in [5.74, 6) is 0.288. The number of aliphatic hydroxyl groups is 1. The average Bonchev–Trinajstić information content (AvgIpc) is 3.10. The third-order valence-electron chi connectivity index (χ3n) is 4.28. The summed E-state index contributed by atoms with van der Waals surface area (Å²) in [6.07, 6.45) is 4.97. The Morgan fingerprint density at radius 3 is 2.50 bits per heavy atom. The summed E-state index contributed by atoms with van der Waals surface area (Å²) in [5, 5.41) is 15.2. The van der Waals surface area contributed by atoms with Crippen molar-refractivity contribution < 1.29 is 9.90 Å². The fourth-order valence-corrected chi connectivity index (χ4v) is 3.71. The second-order valence-corrected chi connectivity index (χ2v) is 6.84. The van der Waals surface area contributed by atoms with Crippen molar-refractivity contribution in [3.63, 3.8) is 0 Å². The van der Waals surface area contributed by atoms with Crippen molar-refractivity contribution in [1.82, 2.24) is 0 Å². The summed E-state index contributed by atoms with van der Waals surface area (Å²) >= 11 is 1.54. The molecule has 1 aromatic heterocycles. The van der Waals surface area contributed by atoms with E-state index in [1.54, 1.807) is 0 Å². The Morgan fingerprint density at radius 2 is 1.86 bits per heavy atom. The zero-order valence-corrected chi connectivity index (χ0v) is 13.3. The molecule has 1 aromatic carbocycles. The van der Waals surface area contributed by atoms with Gasteiger partial charge in [-0.3, -0.25) is 4.79 Å². The van der Waals surface area contributed by atoms with Crippen molar-refractivity contribution in [3.8, 4) is 0 Å². The van der Waals surface area contributed by atoms with E-state index in [2.05, 4.69) is 5.32 Å². The van der Waals surface area contributed by atoms with Gasteiger partial charge in [0.25, 0.3) is 0 Å². The van der Waals surface area contributed by atoms with Crippen LogP contribution in [0.1, 0.15) is 48.6 Å². The first-order valence-corrected chi connectivity index (χ1v) is 8.74. The van der Waals surface area contributed by atoms with Crippen LogP contribution in [-0.4, -0.2) is 11.0 Å². The molecule has 3 rings (SSSR count). The van der Waals surface area contributed by atoms with Crippen LogP contribution in [0, 0.1) is 5.92 Å². The lowest BCUT2D eigenvalue weighted by atomic mass is 9.88. The average molecular weight is 315 g/mol. The summed E-state index contributed by atoms with van der Waals surface area (Å²) in [7, 11) is 0. The molecule has 0 spiro atoms. The van der Waals surface area contributed by atoms with Crippen LogP contribution in [0.4, 0.5) is 5.69 Å². The van der Waals surface area contributed by atoms with Gasteiger partial charge in [0.15, 0.2) is 0 Å². The molecule has 116 valence electrons.